The monoisotopic (exact) mass is 264 g/mol. The standard InChI is InChI=1S/C12H16N4O3/c1-8(5-6-19-2)13-12-14-10-4-3-9(16(17)18)7-11(10)15-12/h3-4,7-8H,5-6H2,1-2H3,(H2,13,14,15). The number of aromatic amines is 1. The van der Waals surface area contributed by atoms with Crippen LogP contribution in [-0.4, -0.2) is 34.6 Å². The van der Waals surface area contributed by atoms with Crippen LogP contribution >= 0.6 is 0 Å². The Bertz CT molecular complexity index is 581. The quantitative estimate of drug-likeness (QED) is 0.617. The summed E-state index contributed by atoms with van der Waals surface area (Å²) in [7, 11) is 1.66. The van der Waals surface area contributed by atoms with E-state index in [-0.39, 0.29) is 11.7 Å². The van der Waals surface area contributed by atoms with Crippen LogP contribution in [0.15, 0.2) is 18.2 Å². The molecular formula is C12H16N4O3. The number of non-ortho nitro benzene ring substituents is 1. The molecule has 1 unspecified atom stereocenters. The molecule has 1 aromatic heterocycles. The minimum absolute atomic E-state index is 0.0510. The SMILES string of the molecule is COCCC(C)Nc1nc2ccc([N+](=O)[O-])cc2[nH]1. The van der Waals surface area contributed by atoms with Crippen molar-refractivity contribution in [2.45, 2.75) is 19.4 Å². The zero-order valence-corrected chi connectivity index (χ0v) is 10.8. The maximum atomic E-state index is 10.7. The van der Waals surface area contributed by atoms with E-state index in [1.807, 2.05) is 6.92 Å². The van der Waals surface area contributed by atoms with E-state index in [4.69, 9.17) is 4.74 Å². The third-order valence-corrected chi connectivity index (χ3v) is 2.81. The molecule has 19 heavy (non-hydrogen) atoms. The van der Waals surface area contributed by atoms with Crippen molar-refractivity contribution in [3.05, 3.63) is 28.3 Å². The number of nitro groups is 1. The highest BCUT2D eigenvalue weighted by Crippen LogP contribution is 2.20. The maximum absolute atomic E-state index is 10.7. The first-order valence-electron chi connectivity index (χ1n) is 6.00. The summed E-state index contributed by atoms with van der Waals surface area (Å²) in [5, 5.41) is 13.9. The Morgan fingerprint density at radius 1 is 1.58 bits per heavy atom. The van der Waals surface area contributed by atoms with Gasteiger partial charge in [-0.15, -0.1) is 0 Å². The number of nitro benzene ring substituents is 1. The molecule has 0 bridgehead atoms. The van der Waals surface area contributed by atoms with E-state index in [0.717, 1.165) is 6.42 Å². The lowest BCUT2D eigenvalue weighted by molar-refractivity contribution is -0.384. The lowest BCUT2D eigenvalue weighted by Gasteiger charge is -2.11. The zero-order chi connectivity index (χ0) is 13.8. The van der Waals surface area contributed by atoms with Crippen molar-refractivity contribution in [3.63, 3.8) is 0 Å². The van der Waals surface area contributed by atoms with Crippen LogP contribution in [0, 0.1) is 10.1 Å². The van der Waals surface area contributed by atoms with Gasteiger partial charge in [0.25, 0.3) is 5.69 Å². The van der Waals surface area contributed by atoms with Crippen molar-refractivity contribution >= 4 is 22.7 Å². The Labute approximate surface area is 110 Å². The summed E-state index contributed by atoms with van der Waals surface area (Å²) in [6, 6.07) is 4.76. The Morgan fingerprint density at radius 2 is 2.37 bits per heavy atom. The van der Waals surface area contributed by atoms with Crippen LogP contribution in [0.5, 0.6) is 0 Å². The Morgan fingerprint density at radius 3 is 3.05 bits per heavy atom. The summed E-state index contributed by atoms with van der Waals surface area (Å²) in [4.78, 5) is 17.6. The van der Waals surface area contributed by atoms with Gasteiger partial charge in [-0.25, -0.2) is 4.98 Å². The first kappa shape index (κ1) is 13.3. The molecule has 0 fully saturated rings. The number of imidazole rings is 1. The Kier molecular flexibility index (Phi) is 3.96. The molecule has 0 aliphatic rings. The summed E-state index contributed by atoms with van der Waals surface area (Å²) >= 11 is 0. The molecule has 2 N–H and O–H groups in total. The average molecular weight is 264 g/mol. The van der Waals surface area contributed by atoms with Gasteiger partial charge in [-0.2, -0.15) is 0 Å². The van der Waals surface area contributed by atoms with Crippen LogP contribution in [0.2, 0.25) is 0 Å². The van der Waals surface area contributed by atoms with E-state index in [2.05, 4.69) is 15.3 Å². The summed E-state index contributed by atoms with van der Waals surface area (Å²) < 4.78 is 5.01. The van der Waals surface area contributed by atoms with E-state index in [9.17, 15) is 10.1 Å². The first-order chi connectivity index (χ1) is 9.10. The zero-order valence-electron chi connectivity index (χ0n) is 10.8. The highest BCUT2D eigenvalue weighted by atomic mass is 16.6. The molecule has 7 nitrogen and oxygen atoms in total. The second kappa shape index (κ2) is 5.66. The van der Waals surface area contributed by atoms with Gasteiger partial charge >= 0.3 is 0 Å². The number of ether oxygens (including phenoxy) is 1. The highest BCUT2D eigenvalue weighted by Gasteiger charge is 2.10. The number of nitrogens with zero attached hydrogens (tertiary/aromatic N) is 2. The van der Waals surface area contributed by atoms with Crippen LogP contribution in [0.25, 0.3) is 11.0 Å². The second-order valence-electron chi connectivity index (χ2n) is 4.37. The molecule has 0 aliphatic heterocycles. The molecule has 1 aromatic carbocycles. The van der Waals surface area contributed by atoms with Gasteiger partial charge in [-0.1, -0.05) is 0 Å². The Hall–Kier alpha value is -2.15. The largest absolute Gasteiger partial charge is 0.385 e. The molecule has 0 amide bonds. The molecule has 2 rings (SSSR count). The van der Waals surface area contributed by atoms with Crippen molar-refractivity contribution in [3.8, 4) is 0 Å². The number of rotatable bonds is 6. The fourth-order valence-corrected chi connectivity index (χ4v) is 1.78. The number of benzene rings is 1. The predicted molar refractivity (Wildman–Crippen MR) is 72.3 cm³/mol. The van der Waals surface area contributed by atoms with Gasteiger partial charge in [-0.05, 0) is 19.4 Å². The number of fused-ring (bicyclic) bond motifs is 1. The molecule has 0 saturated carbocycles. The van der Waals surface area contributed by atoms with E-state index >= 15 is 0 Å². The third kappa shape index (κ3) is 3.19. The van der Waals surface area contributed by atoms with Crippen LogP contribution < -0.4 is 5.32 Å². The summed E-state index contributed by atoms with van der Waals surface area (Å²) in [5.41, 5.74) is 1.40. The van der Waals surface area contributed by atoms with Crippen molar-refractivity contribution in [2.24, 2.45) is 0 Å². The summed E-state index contributed by atoms with van der Waals surface area (Å²) in [6.45, 7) is 2.69. The van der Waals surface area contributed by atoms with E-state index in [1.165, 1.54) is 12.1 Å². The van der Waals surface area contributed by atoms with Gasteiger partial charge in [0.1, 0.15) is 0 Å². The molecular weight excluding hydrogens is 248 g/mol. The van der Waals surface area contributed by atoms with Gasteiger partial charge in [-0.3, -0.25) is 10.1 Å². The fraction of sp³-hybridized carbons (Fsp3) is 0.417. The maximum Gasteiger partial charge on any atom is 0.271 e. The smallest absolute Gasteiger partial charge is 0.271 e. The molecule has 7 heteroatoms. The van der Waals surface area contributed by atoms with Gasteiger partial charge < -0.3 is 15.0 Å². The van der Waals surface area contributed by atoms with E-state index < -0.39 is 4.92 Å². The summed E-state index contributed by atoms with van der Waals surface area (Å²) in [6.07, 6.45) is 0.855. The fourth-order valence-electron chi connectivity index (χ4n) is 1.78. The van der Waals surface area contributed by atoms with Crippen LogP contribution in [0.4, 0.5) is 11.6 Å². The minimum atomic E-state index is -0.422. The predicted octanol–water partition coefficient (Wildman–Crippen LogP) is 2.31. The molecule has 0 spiro atoms. The molecule has 1 atom stereocenters. The van der Waals surface area contributed by atoms with Crippen LogP contribution in [0.3, 0.4) is 0 Å². The number of H-pyrrole nitrogens is 1. The number of nitrogens with one attached hydrogen (secondary N) is 2. The van der Waals surface area contributed by atoms with Crippen LogP contribution in [-0.2, 0) is 4.74 Å². The average Bonchev–Trinajstić information content (AvgIpc) is 2.77. The van der Waals surface area contributed by atoms with Gasteiger partial charge in [0.05, 0.1) is 16.0 Å². The number of hydrogen-bond donors (Lipinski definition) is 2. The van der Waals surface area contributed by atoms with Crippen LogP contribution in [0.1, 0.15) is 13.3 Å². The molecule has 102 valence electrons. The van der Waals surface area contributed by atoms with Crippen molar-refractivity contribution in [1.82, 2.24) is 9.97 Å². The molecule has 0 saturated heterocycles. The number of methoxy groups -OCH3 is 1. The molecule has 2 aromatic rings. The van der Waals surface area contributed by atoms with Crippen molar-refractivity contribution in [1.29, 1.82) is 0 Å². The Balaban J connectivity index is 2.15. The van der Waals surface area contributed by atoms with E-state index in [0.29, 0.717) is 23.6 Å². The number of aromatic nitrogens is 2. The first-order valence-corrected chi connectivity index (χ1v) is 6.00. The molecule has 1 heterocycles. The van der Waals surface area contributed by atoms with Gasteiger partial charge in [0, 0.05) is 31.9 Å². The number of hydrogen-bond acceptors (Lipinski definition) is 5. The lowest BCUT2D eigenvalue weighted by atomic mass is 10.2. The van der Waals surface area contributed by atoms with Gasteiger partial charge in [0.2, 0.25) is 5.95 Å². The van der Waals surface area contributed by atoms with Gasteiger partial charge in [0.15, 0.2) is 0 Å². The van der Waals surface area contributed by atoms with Crippen molar-refractivity contribution in [2.75, 3.05) is 19.0 Å². The second-order valence-corrected chi connectivity index (χ2v) is 4.37. The topological polar surface area (TPSA) is 93.1 Å². The number of anilines is 1. The summed E-state index contributed by atoms with van der Waals surface area (Å²) in [5.74, 6) is 0.610. The normalized spacial score (nSPS) is 12.5. The van der Waals surface area contributed by atoms with Crippen molar-refractivity contribution < 1.29 is 9.66 Å². The molecule has 0 aliphatic carbocycles. The highest BCUT2D eigenvalue weighted by molar-refractivity contribution is 5.79. The van der Waals surface area contributed by atoms with E-state index in [1.54, 1.807) is 13.2 Å². The lowest BCUT2D eigenvalue weighted by Crippen LogP contribution is -2.17. The third-order valence-electron chi connectivity index (χ3n) is 2.81. The molecule has 0 radical (unpaired) electrons. The minimum Gasteiger partial charge on any atom is -0.385 e.